The Morgan fingerprint density at radius 2 is 0.934 bits per heavy atom. The number of hydrogen-bond donors (Lipinski definition) is 0. The first-order chi connectivity index (χ1) is 36.0. The molecule has 0 amide bonds. The minimum atomic E-state index is -0.239. The van der Waals surface area contributed by atoms with E-state index in [4.69, 9.17) is 4.42 Å². The first kappa shape index (κ1) is 47.7. The lowest BCUT2D eigenvalue weighted by molar-refractivity contribution is 0.332. The highest BCUT2D eigenvalue weighted by Crippen LogP contribution is 2.57. The van der Waals surface area contributed by atoms with Gasteiger partial charge in [0.2, 0.25) is 0 Å². The van der Waals surface area contributed by atoms with E-state index in [-0.39, 0.29) is 39.2 Å². The van der Waals surface area contributed by atoms with Gasteiger partial charge in [0.15, 0.2) is 0 Å². The quantitative estimate of drug-likeness (QED) is 0.165. The first-order valence-corrected chi connectivity index (χ1v) is 28.4. The number of hydrogen-bond acceptors (Lipinski definition) is 3. The molecule has 5 aliphatic rings. The van der Waals surface area contributed by atoms with Gasteiger partial charge < -0.3 is 14.2 Å². The van der Waals surface area contributed by atoms with Gasteiger partial charge in [-0.2, -0.15) is 0 Å². The second-order valence-electron chi connectivity index (χ2n) is 27.5. The van der Waals surface area contributed by atoms with Crippen LogP contribution in [-0.2, 0) is 32.5 Å². The molecule has 1 aromatic heterocycles. The third-order valence-corrected chi connectivity index (χ3v) is 20.2. The Morgan fingerprint density at radius 3 is 1.58 bits per heavy atom. The van der Waals surface area contributed by atoms with Gasteiger partial charge in [-0.15, -0.1) is 0 Å². The highest BCUT2D eigenvalue weighted by atomic mass is 16.3. The number of rotatable bonds is 3. The maximum Gasteiger partial charge on any atom is 0.252 e. The van der Waals surface area contributed by atoms with Crippen molar-refractivity contribution >= 4 is 79.2 Å². The smallest absolute Gasteiger partial charge is 0.252 e. The second-order valence-corrected chi connectivity index (χ2v) is 27.5. The Morgan fingerprint density at radius 1 is 0.408 bits per heavy atom. The van der Waals surface area contributed by atoms with Gasteiger partial charge >= 0.3 is 0 Å². The lowest BCUT2D eigenvalue weighted by Crippen LogP contribution is -2.62. The van der Waals surface area contributed by atoms with Crippen LogP contribution in [0.4, 0.5) is 34.1 Å². The maximum absolute atomic E-state index is 7.22. The molecular weight excluding hydrogens is 920 g/mol. The number of anilines is 6. The van der Waals surface area contributed by atoms with Crippen LogP contribution < -0.4 is 26.2 Å². The van der Waals surface area contributed by atoms with Crippen LogP contribution in [-0.4, -0.2) is 6.71 Å². The Hall–Kier alpha value is -6.78. The van der Waals surface area contributed by atoms with Gasteiger partial charge in [0.05, 0.1) is 16.8 Å². The predicted molar refractivity (Wildman–Crippen MR) is 324 cm³/mol. The number of para-hydroxylation sites is 1. The molecule has 0 radical (unpaired) electrons. The molecule has 8 aromatic carbocycles. The van der Waals surface area contributed by atoms with E-state index in [1.807, 2.05) is 0 Å². The average Bonchev–Trinajstić information content (AvgIpc) is 3.95. The van der Waals surface area contributed by atoms with Crippen molar-refractivity contribution in [1.29, 1.82) is 0 Å². The number of aryl methyl sites for hydroxylation is 2. The highest BCUT2D eigenvalue weighted by Gasteiger charge is 2.50. The molecule has 14 rings (SSSR count). The number of fused-ring (bicyclic) bond motifs is 12. The van der Waals surface area contributed by atoms with E-state index in [1.54, 1.807) is 0 Å². The van der Waals surface area contributed by atoms with Gasteiger partial charge in [-0.1, -0.05) is 174 Å². The molecule has 0 saturated heterocycles. The molecule has 4 heteroatoms. The molecule has 380 valence electrons. The molecule has 0 atom stereocenters. The largest absolute Gasteiger partial charge is 0.456 e. The summed E-state index contributed by atoms with van der Waals surface area (Å²) >= 11 is 0. The Bertz CT molecular complexity index is 3990. The Balaban J connectivity index is 1.15. The second kappa shape index (κ2) is 15.5. The molecule has 0 saturated carbocycles. The fourth-order valence-corrected chi connectivity index (χ4v) is 15.5. The van der Waals surface area contributed by atoms with E-state index >= 15 is 0 Å². The van der Waals surface area contributed by atoms with E-state index in [1.165, 1.54) is 134 Å². The molecule has 76 heavy (non-hydrogen) atoms. The first-order valence-electron chi connectivity index (χ1n) is 28.4. The zero-order valence-electron chi connectivity index (χ0n) is 47.5. The fraction of sp³-hybridized carbons (Fsp3) is 0.333. The zero-order chi connectivity index (χ0) is 53.0. The fourth-order valence-electron chi connectivity index (χ4n) is 15.5. The summed E-state index contributed by atoms with van der Waals surface area (Å²) < 4.78 is 7.22. The monoisotopic (exact) mass is 993 g/mol. The molecule has 0 unspecified atom stereocenters. The van der Waals surface area contributed by atoms with Gasteiger partial charge in [0, 0.05) is 44.5 Å². The van der Waals surface area contributed by atoms with Gasteiger partial charge in [0.1, 0.15) is 11.2 Å². The van der Waals surface area contributed by atoms with Crippen LogP contribution in [0.5, 0.6) is 0 Å². The normalized spacial score (nSPS) is 19.3. The molecule has 0 spiro atoms. The molecular formula is C72H73BN2O. The van der Waals surface area contributed by atoms with E-state index in [9.17, 15) is 0 Å². The molecule has 2 aliphatic heterocycles. The number of nitrogens with zero attached hydrogens (tertiary/aromatic N) is 2. The van der Waals surface area contributed by atoms with Crippen molar-refractivity contribution in [3.8, 4) is 11.1 Å². The summed E-state index contributed by atoms with van der Waals surface area (Å²) in [5.41, 5.74) is 29.6. The van der Waals surface area contributed by atoms with Gasteiger partial charge in [0.25, 0.3) is 6.71 Å². The van der Waals surface area contributed by atoms with E-state index in [2.05, 4.69) is 246 Å². The maximum atomic E-state index is 7.22. The summed E-state index contributed by atoms with van der Waals surface area (Å²) in [4.78, 5) is 5.39. The van der Waals surface area contributed by atoms with Crippen LogP contribution >= 0.6 is 0 Å². The summed E-state index contributed by atoms with van der Waals surface area (Å²) in [6, 6.07) is 54.7. The molecule has 0 bridgehead atoms. The van der Waals surface area contributed by atoms with Crippen molar-refractivity contribution in [2.24, 2.45) is 0 Å². The van der Waals surface area contributed by atoms with Crippen molar-refractivity contribution in [2.75, 3.05) is 9.80 Å². The van der Waals surface area contributed by atoms with Gasteiger partial charge in [-0.25, -0.2) is 0 Å². The van der Waals surface area contributed by atoms with Crippen molar-refractivity contribution < 1.29 is 4.42 Å². The predicted octanol–water partition coefficient (Wildman–Crippen LogP) is 17.6. The zero-order valence-corrected chi connectivity index (χ0v) is 47.5. The summed E-state index contributed by atoms with van der Waals surface area (Å²) in [6.07, 6.45) is 4.64. The molecule has 3 heterocycles. The Kier molecular flexibility index (Phi) is 9.69. The standard InChI is InChI=1S/C72H73BN2O/c1-42-34-60-65-61(35-42)75(57-27-21-18-24-45(57)44-22-16-15-17-23-44)66-55(28-29-62-64(66)46-37-50-52(41-63(46)76-62)70(9,10)33-31-68(50,5)6)73(65)56-38-53-54(72(13,14)48-26-20-19-25-47(48)71(53,11)12)40-59(56)74(60)58-39-51-49(36-43(58)2)67(3,4)30-32-69(51,7)8/h15-29,34-41H,30-33H2,1-14H3. The summed E-state index contributed by atoms with van der Waals surface area (Å²) in [6.45, 7) is 34.1. The van der Waals surface area contributed by atoms with Crippen molar-refractivity contribution in [3.05, 3.63) is 195 Å². The van der Waals surface area contributed by atoms with Crippen LogP contribution in [0.25, 0.3) is 33.1 Å². The van der Waals surface area contributed by atoms with Gasteiger partial charge in [-0.3, -0.25) is 0 Å². The highest BCUT2D eigenvalue weighted by molar-refractivity contribution is 7.00. The van der Waals surface area contributed by atoms with Crippen LogP contribution in [0.15, 0.2) is 144 Å². The summed E-state index contributed by atoms with van der Waals surface area (Å²) in [7, 11) is 0. The summed E-state index contributed by atoms with van der Waals surface area (Å²) in [5.74, 6) is 0. The lowest BCUT2D eigenvalue weighted by atomic mass is 9.33. The van der Waals surface area contributed by atoms with Crippen LogP contribution in [0.2, 0.25) is 0 Å². The molecule has 9 aromatic rings. The summed E-state index contributed by atoms with van der Waals surface area (Å²) in [5, 5.41) is 2.39. The van der Waals surface area contributed by atoms with Gasteiger partial charge in [-0.05, 0) is 187 Å². The van der Waals surface area contributed by atoms with E-state index in [0.29, 0.717) is 0 Å². The van der Waals surface area contributed by atoms with Crippen molar-refractivity contribution in [1.82, 2.24) is 0 Å². The minimum absolute atomic E-state index is 0.0273. The third kappa shape index (κ3) is 6.42. The van der Waals surface area contributed by atoms with Crippen LogP contribution in [0, 0.1) is 13.8 Å². The third-order valence-electron chi connectivity index (χ3n) is 20.2. The topological polar surface area (TPSA) is 19.6 Å². The Labute approximate surface area is 452 Å². The molecule has 3 nitrogen and oxygen atoms in total. The van der Waals surface area contributed by atoms with Crippen LogP contribution in [0.1, 0.15) is 164 Å². The van der Waals surface area contributed by atoms with E-state index in [0.717, 1.165) is 30.4 Å². The molecule has 0 N–H and O–H groups in total. The van der Waals surface area contributed by atoms with E-state index < -0.39 is 0 Å². The lowest BCUT2D eigenvalue weighted by Gasteiger charge is -2.49. The van der Waals surface area contributed by atoms with Crippen molar-refractivity contribution in [3.63, 3.8) is 0 Å². The SMILES string of the molecule is Cc1cc2c3c(c1)N(c1ccccc1-c1ccccc1)c1c(ccc4oc5cc6c(cc5c14)C(C)(C)CCC6(C)C)B3c1cc3c(cc1N2c1cc2c(cc1C)C(C)(C)CCC2(C)C)C(C)(C)c1ccccc1C3(C)C. The average molecular weight is 993 g/mol. The molecule has 0 fully saturated rings. The van der Waals surface area contributed by atoms with Crippen molar-refractivity contribution in [2.45, 2.75) is 155 Å². The minimum Gasteiger partial charge on any atom is -0.456 e. The number of furan rings is 1. The molecule has 3 aliphatic carbocycles. The number of benzene rings is 8. The van der Waals surface area contributed by atoms with Crippen LogP contribution in [0.3, 0.4) is 0 Å².